The molecule has 1 aliphatic heterocycles. The van der Waals surface area contributed by atoms with Gasteiger partial charge in [-0.1, -0.05) is 30.3 Å². The second kappa shape index (κ2) is 10.2. The fraction of sp³-hybridized carbons (Fsp3) is 0.381. The number of hydrogen-bond donors (Lipinski definition) is 2. The number of nitrogens with zero attached hydrogens (tertiary/aromatic N) is 2. The molecule has 2 aromatic carbocycles. The lowest BCUT2D eigenvalue weighted by atomic mass is 10.2. The summed E-state index contributed by atoms with van der Waals surface area (Å²) in [5.74, 6) is 0.251. The van der Waals surface area contributed by atoms with E-state index in [-0.39, 0.29) is 12.3 Å². The minimum absolute atomic E-state index is 0.141. The van der Waals surface area contributed by atoms with Crippen molar-refractivity contribution in [1.82, 2.24) is 10.6 Å². The highest BCUT2D eigenvalue weighted by Crippen LogP contribution is 2.26. The van der Waals surface area contributed by atoms with Gasteiger partial charge in [0.2, 0.25) is 0 Å². The van der Waals surface area contributed by atoms with Crippen LogP contribution < -0.4 is 20.3 Å². The quantitative estimate of drug-likeness (QED) is 0.553. The Balaban J connectivity index is 1.52. The first-order chi connectivity index (χ1) is 14.4. The summed E-state index contributed by atoms with van der Waals surface area (Å²) in [6.07, 6.45) is -4.73. The Kier molecular flexibility index (Phi) is 7.40. The highest BCUT2D eigenvalue weighted by molar-refractivity contribution is 5.79. The SMILES string of the molecule is CN=C(NCc1ccc(N2CCOCC2)cc1)NCc1ccccc1OC(F)(F)F. The van der Waals surface area contributed by atoms with Crippen molar-refractivity contribution in [2.45, 2.75) is 19.5 Å². The summed E-state index contributed by atoms with van der Waals surface area (Å²) in [5.41, 5.74) is 2.61. The van der Waals surface area contributed by atoms with Crippen molar-refractivity contribution in [3.8, 4) is 5.75 Å². The average Bonchev–Trinajstić information content (AvgIpc) is 2.75. The number of para-hydroxylation sites is 1. The van der Waals surface area contributed by atoms with Crippen LogP contribution in [-0.2, 0) is 17.8 Å². The van der Waals surface area contributed by atoms with E-state index in [2.05, 4.69) is 37.4 Å². The Bertz CT molecular complexity index is 835. The third kappa shape index (κ3) is 6.55. The summed E-state index contributed by atoms with van der Waals surface area (Å²) in [4.78, 5) is 6.40. The monoisotopic (exact) mass is 422 g/mol. The van der Waals surface area contributed by atoms with E-state index < -0.39 is 6.36 Å². The second-order valence-corrected chi connectivity index (χ2v) is 6.70. The molecule has 162 valence electrons. The van der Waals surface area contributed by atoms with Gasteiger partial charge in [-0.3, -0.25) is 4.99 Å². The first-order valence-electron chi connectivity index (χ1n) is 9.64. The van der Waals surface area contributed by atoms with Gasteiger partial charge in [-0.25, -0.2) is 0 Å². The lowest BCUT2D eigenvalue weighted by Crippen LogP contribution is -2.37. The number of aliphatic imine (C=N–C) groups is 1. The van der Waals surface area contributed by atoms with E-state index in [0.29, 0.717) is 18.1 Å². The van der Waals surface area contributed by atoms with Crippen molar-refractivity contribution in [1.29, 1.82) is 0 Å². The standard InChI is InChI=1S/C21H25F3N4O2/c1-25-20(27-15-17-4-2-3-5-19(17)30-21(22,23)24)26-14-16-6-8-18(9-7-16)28-10-12-29-13-11-28/h2-9H,10-15H2,1H3,(H2,25,26,27). The molecule has 0 aliphatic carbocycles. The minimum Gasteiger partial charge on any atom is -0.405 e. The first kappa shape index (κ1) is 21.8. The predicted molar refractivity (Wildman–Crippen MR) is 110 cm³/mol. The summed E-state index contributed by atoms with van der Waals surface area (Å²) in [6, 6.07) is 14.2. The summed E-state index contributed by atoms with van der Waals surface area (Å²) < 4.78 is 47.1. The number of ether oxygens (including phenoxy) is 2. The van der Waals surface area contributed by atoms with Crippen LogP contribution in [-0.4, -0.2) is 45.7 Å². The maximum absolute atomic E-state index is 12.6. The highest BCUT2D eigenvalue weighted by atomic mass is 19.4. The molecule has 0 amide bonds. The number of halogens is 3. The molecule has 2 aromatic rings. The van der Waals surface area contributed by atoms with Gasteiger partial charge < -0.3 is 25.0 Å². The zero-order valence-electron chi connectivity index (χ0n) is 16.7. The average molecular weight is 422 g/mol. The van der Waals surface area contributed by atoms with E-state index >= 15 is 0 Å². The molecule has 1 heterocycles. The van der Waals surface area contributed by atoms with Gasteiger partial charge in [0, 0.05) is 44.5 Å². The number of rotatable bonds is 6. The van der Waals surface area contributed by atoms with Crippen LogP contribution in [0, 0.1) is 0 Å². The van der Waals surface area contributed by atoms with Crippen molar-refractivity contribution in [3.63, 3.8) is 0 Å². The molecule has 30 heavy (non-hydrogen) atoms. The van der Waals surface area contributed by atoms with Crippen molar-refractivity contribution < 1.29 is 22.6 Å². The van der Waals surface area contributed by atoms with E-state index in [0.717, 1.165) is 37.6 Å². The Labute approximate surface area is 173 Å². The van der Waals surface area contributed by atoms with Crippen molar-refractivity contribution in [3.05, 3.63) is 59.7 Å². The normalized spacial score (nSPS) is 15.1. The molecule has 0 saturated carbocycles. The Morgan fingerprint density at radius 1 is 1.03 bits per heavy atom. The predicted octanol–water partition coefficient (Wildman–Crippen LogP) is 3.29. The summed E-state index contributed by atoms with van der Waals surface area (Å²) in [5, 5.41) is 6.18. The van der Waals surface area contributed by atoms with Crippen LogP contribution in [0.5, 0.6) is 5.75 Å². The molecule has 0 atom stereocenters. The molecule has 1 saturated heterocycles. The van der Waals surface area contributed by atoms with Crippen LogP contribution in [0.2, 0.25) is 0 Å². The van der Waals surface area contributed by atoms with E-state index in [1.54, 1.807) is 19.2 Å². The number of alkyl halides is 3. The fourth-order valence-electron chi connectivity index (χ4n) is 3.11. The van der Waals surface area contributed by atoms with Crippen molar-refractivity contribution in [2.24, 2.45) is 4.99 Å². The van der Waals surface area contributed by atoms with E-state index in [1.165, 1.54) is 12.1 Å². The molecule has 1 fully saturated rings. The topological polar surface area (TPSA) is 58.1 Å². The Hall–Kier alpha value is -2.94. The maximum atomic E-state index is 12.6. The van der Waals surface area contributed by atoms with Gasteiger partial charge in [-0.15, -0.1) is 13.2 Å². The van der Waals surface area contributed by atoms with E-state index in [1.807, 2.05) is 12.1 Å². The summed E-state index contributed by atoms with van der Waals surface area (Å²) >= 11 is 0. The van der Waals surface area contributed by atoms with E-state index in [4.69, 9.17) is 4.74 Å². The number of nitrogens with one attached hydrogen (secondary N) is 2. The Morgan fingerprint density at radius 2 is 1.70 bits per heavy atom. The Morgan fingerprint density at radius 3 is 2.37 bits per heavy atom. The van der Waals surface area contributed by atoms with Crippen molar-refractivity contribution in [2.75, 3.05) is 38.3 Å². The highest BCUT2D eigenvalue weighted by Gasteiger charge is 2.31. The molecule has 2 N–H and O–H groups in total. The van der Waals surface area contributed by atoms with Crippen LogP contribution >= 0.6 is 0 Å². The lowest BCUT2D eigenvalue weighted by Gasteiger charge is -2.28. The van der Waals surface area contributed by atoms with Crippen LogP contribution in [0.4, 0.5) is 18.9 Å². The minimum atomic E-state index is -4.73. The van der Waals surface area contributed by atoms with Crippen LogP contribution in [0.1, 0.15) is 11.1 Å². The number of anilines is 1. The number of hydrogen-bond acceptors (Lipinski definition) is 4. The molecule has 0 bridgehead atoms. The van der Waals surface area contributed by atoms with Crippen molar-refractivity contribution >= 4 is 11.6 Å². The molecule has 3 rings (SSSR count). The lowest BCUT2D eigenvalue weighted by molar-refractivity contribution is -0.274. The van der Waals surface area contributed by atoms with Crippen LogP contribution in [0.15, 0.2) is 53.5 Å². The van der Waals surface area contributed by atoms with Crippen LogP contribution in [0.3, 0.4) is 0 Å². The van der Waals surface area contributed by atoms with Gasteiger partial charge in [0.1, 0.15) is 5.75 Å². The molecule has 0 unspecified atom stereocenters. The molecule has 9 heteroatoms. The van der Waals surface area contributed by atoms with Gasteiger partial charge >= 0.3 is 6.36 Å². The number of benzene rings is 2. The zero-order chi connectivity index (χ0) is 21.4. The van der Waals surface area contributed by atoms with E-state index in [9.17, 15) is 13.2 Å². The second-order valence-electron chi connectivity index (χ2n) is 6.70. The summed E-state index contributed by atoms with van der Waals surface area (Å²) in [6.45, 7) is 3.91. The molecule has 0 spiro atoms. The smallest absolute Gasteiger partial charge is 0.405 e. The van der Waals surface area contributed by atoms with Gasteiger partial charge in [0.15, 0.2) is 5.96 Å². The van der Waals surface area contributed by atoms with Crippen LogP contribution in [0.25, 0.3) is 0 Å². The largest absolute Gasteiger partial charge is 0.573 e. The molecule has 0 aromatic heterocycles. The molecule has 1 aliphatic rings. The van der Waals surface area contributed by atoms with Gasteiger partial charge in [0.05, 0.1) is 13.2 Å². The molecular formula is C21H25F3N4O2. The van der Waals surface area contributed by atoms with Gasteiger partial charge in [-0.05, 0) is 23.8 Å². The third-order valence-electron chi connectivity index (χ3n) is 4.64. The summed E-state index contributed by atoms with van der Waals surface area (Å²) in [7, 11) is 1.61. The zero-order valence-corrected chi connectivity index (χ0v) is 16.7. The maximum Gasteiger partial charge on any atom is 0.573 e. The third-order valence-corrected chi connectivity index (χ3v) is 4.64. The first-order valence-corrected chi connectivity index (χ1v) is 9.64. The number of morpholine rings is 1. The fourth-order valence-corrected chi connectivity index (χ4v) is 3.11. The molecule has 6 nitrogen and oxygen atoms in total. The molecule has 0 radical (unpaired) electrons. The number of guanidine groups is 1. The van der Waals surface area contributed by atoms with Gasteiger partial charge in [-0.2, -0.15) is 0 Å². The molecular weight excluding hydrogens is 397 g/mol. The van der Waals surface area contributed by atoms with Gasteiger partial charge in [0.25, 0.3) is 0 Å².